The molecule has 0 radical (unpaired) electrons. The van der Waals surface area contributed by atoms with Gasteiger partial charge in [-0.15, -0.1) is 0 Å². The zero-order valence-corrected chi connectivity index (χ0v) is 17.3. The van der Waals surface area contributed by atoms with Crippen molar-refractivity contribution in [1.29, 1.82) is 0 Å². The molecular weight excluding hydrogens is 355 g/mol. The van der Waals surface area contributed by atoms with Crippen LogP contribution < -0.4 is 0 Å². The molecule has 3 heteroatoms. The van der Waals surface area contributed by atoms with Gasteiger partial charge in [-0.3, -0.25) is 0 Å². The molecule has 20 heavy (non-hydrogen) atoms. The Kier molecular flexibility index (Phi) is 12.0. The number of hydrogen-bond donors (Lipinski definition) is 0. The van der Waals surface area contributed by atoms with Crippen LogP contribution in [0.25, 0.3) is 0 Å². The van der Waals surface area contributed by atoms with E-state index in [4.69, 9.17) is 4.74 Å². The molecule has 0 aromatic carbocycles. The fourth-order valence-electron chi connectivity index (χ4n) is 3.13. The van der Waals surface area contributed by atoms with E-state index in [9.17, 15) is 4.79 Å². The van der Waals surface area contributed by atoms with E-state index in [1.54, 1.807) is 0 Å². The number of carbonyl (C=O) groups excluding carboxylic acids is 1. The molecule has 0 aromatic heterocycles. The molecule has 0 aliphatic heterocycles. The molecule has 0 fully saturated rings. The van der Waals surface area contributed by atoms with Crippen LogP contribution in [0.2, 0.25) is 17.2 Å². The van der Waals surface area contributed by atoms with Crippen molar-refractivity contribution < 1.29 is 9.53 Å². The first kappa shape index (κ1) is 20.3. The zero-order chi connectivity index (χ0) is 15.4. The molecule has 0 aliphatic carbocycles. The summed E-state index contributed by atoms with van der Waals surface area (Å²) in [6, 6.07) is 0. The van der Waals surface area contributed by atoms with Gasteiger partial charge in [0.15, 0.2) is 0 Å². The van der Waals surface area contributed by atoms with Crippen LogP contribution in [-0.2, 0) is 9.53 Å². The number of hydrogen-bond acceptors (Lipinski definition) is 2. The van der Waals surface area contributed by atoms with Crippen molar-refractivity contribution in [1.82, 2.24) is 0 Å². The summed E-state index contributed by atoms with van der Waals surface area (Å²) in [7, 11) is 0. The average Bonchev–Trinajstić information content (AvgIpc) is 2.46. The van der Waals surface area contributed by atoms with Crippen LogP contribution in [0.15, 0.2) is 0 Å². The van der Waals surface area contributed by atoms with Gasteiger partial charge in [-0.1, -0.05) is 0 Å². The Bertz CT molecular complexity index is 232. The van der Waals surface area contributed by atoms with Crippen LogP contribution in [0.1, 0.15) is 73.1 Å². The van der Waals surface area contributed by atoms with Gasteiger partial charge >= 0.3 is 131 Å². The van der Waals surface area contributed by atoms with Gasteiger partial charge in [0.05, 0.1) is 0 Å². The van der Waals surface area contributed by atoms with Gasteiger partial charge in [-0.25, -0.2) is 0 Å². The third-order valence-electron chi connectivity index (χ3n) is 4.64. The second kappa shape index (κ2) is 11.9. The minimum atomic E-state index is -2.41. The van der Waals surface area contributed by atoms with Crippen molar-refractivity contribution in [3.05, 3.63) is 0 Å². The molecule has 0 heterocycles. The fraction of sp³-hybridized carbons (Fsp3) is 0.941. The Morgan fingerprint density at radius 3 is 1.60 bits per heavy atom. The maximum atomic E-state index is 12.3. The predicted octanol–water partition coefficient (Wildman–Crippen LogP) is 5.79. The molecule has 0 aliphatic rings. The molecule has 0 rings (SSSR count). The van der Waals surface area contributed by atoms with Gasteiger partial charge in [-0.05, 0) is 0 Å². The summed E-state index contributed by atoms with van der Waals surface area (Å²) in [5, 5.41) is 0. The van der Waals surface area contributed by atoms with Crippen molar-refractivity contribution in [2.45, 2.75) is 90.4 Å². The van der Waals surface area contributed by atoms with Crippen molar-refractivity contribution in [3.63, 3.8) is 0 Å². The average molecular weight is 391 g/mol. The van der Waals surface area contributed by atoms with Crippen molar-refractivity contribution in [2.24, 2.45) is 0 Å². The Morgan fingerprint density at radius 2 is 1.30 bits per heavy atom. The normalized spacial score (nSPS) is 13.2. The van der Waals surface area contributed by atoms with Gasteiger partial charge in [0.25, 0.3) is 0 Å². The predicted molar refractivity (Wildman–Crippen MR) is 91.0 cm³/mol. The zero-order valence-electron chi connectivity index (χ0n) is 14.5. The standard InChI is InChI=1S/C5H9O2.3C4H9.Sn/c1-3-5(6)7-4-2;3*1-3-4-2;/h3H,4H2,1-2H3;3*1,3-4H2,2H3;. The summed E-state index contributed by atoms with van der Waals surface area (Å²) in [5.74, 6) is 0.103. The fourth-order valence-corrected chi connectivity index (χ4v) is 19.7. The van der Waals surface area contributed by atoms with Crippen LogP contribution in [0.5, 0.6) is 0 Å². The minimum absolute atomic E-state index is 0.103. The maximum absolute atomic E-state index is 12.3. The molecule has 120 valence electrons. The summed E-state index contributed by atoms with van der Waals surface area (Å²) in [4.78, 5) is 12.3. The molecule has 0 bridgehead atoms. The van der Waals surface area contributed by atoms with E-state index in [2.05, 4.69) is 27.7 Å². The molecule has 0 saturated heterocycles. The van der Waals surface area contributed by atoms with E-state index in [-0.39, 0.29) is 9.90 Å². The Morgan fingerprint density at radius 1 is 0.900 bits per heavy atom. The Hall–Kier alpha value is 0.269. The van der Waals surface area contributed by atoms with Crippen molar-refractivity contribution in [2.75, 3.05) is 6.61 Å². The second-order valence-corrected chi connectivity index (χ2v) is 20.7. The molecule has 0 saturated carbocycles. The van der Waals surface area contributed by atoms with Crippen molar-refractivity contribution in [3.8, 4) is 0 Å². The first-order valence-corrected chi connectivity index (χ1v) is 16.4. The van der Waals surface area contributed by atoms with Crippen LogP contribution in [0.4, 0.5) is 0 Å². The molecule has 0 aromatic rings. The molecular formula is C17H36O2Sn. The van der Waals surface area contributed by atoms with E-state index in [1.807, 2.05) is 6.92 Å². The van der Waals surface area contributed by atoms with E-state index in [1.165, 1.54) is 51.8 Å². The van der Waals surface area contributed by atoms with Crippen LogP contribution in [-0.4, -0.2) is 31.0 Å². The monoisotopic (exact) mass is 392 g/mol. The number of carbonyl (C=O) groups is 1. The molecule has 0 spiro atoms. The summed E-state index contributed by atoms with van der Waals surface area (Å²) in [5.41, 5.74) is 0. The van der Waals surface area contributed by atoms with Gasteiger partial charge in [0.1, 0.15) is 0 Å². The second-order valence-electron chi connectivity index (χ2n) is 6.15. The molecule has 1 unspecified atom stereocenters. The summed E-state index contributed by atoms with van der Waals surface area (Å²) in [6.45, 7) is 11.4. The summed E-state index contributed by atoms with van der Waals surface area (Å²) >= 11 is -2.41. The van der Waals surface area contributed by atoms with Crippen LogP contribution >= 0.6 is 0 Å². The third kappa shape index (κ3) is 6.82. The quantitative estimate of drug-likeness (QED) is 0.311. The molecule has 1 atom stereocenters. The summed E-state index contributed by atoms with van der Waals surface area (Å²) < 4.78 is 9.75. The van der Waals surface area contributed by atoms with Gasteiger partial charge in [-0.2, -0.15) is 0 Å². The van der Waals surface area contributed by atoms with Gasteiger partial charge in [0, 0.05) is 0 Å². The number of ether oxygens (including phenoxy) is 1. The number of unbranched alkanes of at least 4 members (excludes halogenated alkanes) is 3. The van der Waals surface area contributed by atoms with E-state index in [0.717, 1.165) is 0 Å². The molecule has 0 N–H and O–H groups in total. The van der Waals surface area contributed by atoms with E-state index in [0.29, 0.717) is 6.61 Å². The molecule has 2 nitrogen and oxygen atoms in total. The van der Waals surface area contributed by atoms with Gasteiger partial charge < -0.3 is 0 Å². The number of esters is 1. The SMILES string of the molecule is CCC[CH2][Sn]([CH2]CCC)([CH2]CCC)[CH](C)C(=O)OCC. The summed E-state index contributed by atoms with van der Waals surface area (Å²) in [6.07, 6.45) is 7.71. The Labute approximate surface area is 130 Å². The van der Waals surface area contributed by atoms with E-state index < -0.39 is 18.4 Å². The van der Waals surface area contributed by atoms with Crippen molar-refractivity contribution >= 4 is 24.3 Å². The van der Waals surface area contributed by atoms with E-state index >= 15 is 0 Å². The van der Waals surface area contributed by atoms with Crippen LogP contribution in [0.3, 0.4) is 0 Å². The van der Waals surface area contributed by atoms with Gasteiger partial charge in [0.2, 0.25) is 0 Å². The van der Waals surface area contributed by atoms with Crippen LogP contribution in [0, 0.1) is 0 Å². The first-order valence-electron chi connectivity index (χ1n) is 8.74. The Balaban J connectivity index is 5.04. The first-order chi connectivity index (χ1) is 9.57. The topological polar surface area (TPSA) is 26.3 Å². The number of rotatable bonds is 12. The molecule has 0 amide bonds. The third-order valence-corrected chi connectivity index (χ3v) is 22.1.